The molecule has 5 nitrogen and oxygen atoms in total. The predicted octanol–water partition coefficient (Wildman–Crippen LogP) is 3.45. The molecule has 2 amide bonds. The summed E-state index contributed by atoms with van der Waals surface area (Å²) in [6.07, 6.45) is 2.16. The second-order valence-electron chi connectivity index (χ2n) is 7.81. The van der Waals surface area contributed by atoms with Crippen LogP contribution in [-0.2, 0) is 11.3 Å². The number of carbonyl (C=O) groups is 2. The van der Waals surface area contributed by atoms with Gasteiger partial charge in [-0.05, 0) is 63.6 Å². The minimum absolute atomic E-state index is 0.00646. The monoisotopic (exact) mass is 379 g/mol. The van der Waals surface area contributed by atoms with Crippen molar-refractivity contribution in [3.05, 3.63) is 65.7 Å². The van der Waals surface area contributed by atoms with Gasteiger partial charge in [0.2, 0.25) is 5.91 Å². The first kappa shape index (κ1) is 20.1. The van der Waals surface area contributed by atoms with Crippen molar-refractivity contribution in [3.63, 3.8) is 0 Å². The molecule has 1 aliphatic carbocycles. The van der Waals surface area contributed by atoms with Gasteiger partial charge in [-0.15, -0.1) is 0 Å². The Labute approximate surface area is 167 Å². The van der Waals surface area contributed by atoms with Gasteiger partial charge in [0.05, 0.1) is 6.54 Å². The van der Waals surface area contributed by atoms with Gasteiger partial charge in [-0.3, -0.25) is 14.5 Å². The number of hydrogen-bond donors (Lipinski definition) is 1. The van der Waals surface area contributed by atoms with Crippen molar-refractivity contribution in [2.75, 3.05) is 18.5 Å². The lowest BCUT2D eigenvalue weighted by molar-refractivity contribution is -0.119. The standard InChI is InChI=1S/C23H29N3O2/c1-17(2)26(21-7-5-4-6-8-21)22(27)16-25(3)15-18-9-11-19(12-10-18)23(28)24-20-13-14-20/h4-12,17,20H,13-16H2,1-3H3,(H,24,28). The highest BCUT2D eigenvalue weighted by Gasteiger charge is 2.24. The van der Waals surface area contributed by atoms with Crippen LogP contribution in [0.3, 0.4) is 0 Å². The van der Waals surface area contributed by atoms with Crippen LogP contribution >= 0.6 is 0 Å². The number of nitrogens with zero attached hydrogens (tertiary/aromatic N) is 2. The molecule has 2 aromatic carbocycles. The second kappa shape index (κ2) is 9.02. The van der Waals surface area contributed by atoms with E-state index in [4.69, 9.17) is 0 Å². The molecule has 1 aliphatic rings. The Hall–Kier alpha value is -2.66. The molecule has 1 fully saturated rings. The quantitative estimate of drug-likeness (QED) is 0.764. The lowest BCUT2D eigenvalue weighted by Gasteiger charge is -2.29. The Bertz CT molecular complexity index is 798. The fourth-order valence-electron chi connectivity index (χ4n) is 3.25. The van der Waals surface area contributed by atoms with Crippen molar-refractivity contribution < 1.29 is 9.59 Å². The zero-order valence-electron chi connectivity index (χ0n) is 16.9. The minimum Gasteiger partial charge on any atom is -0.349 e. The Morgan fingerprint density at radius 3 is 2.25 bits per heavy atom. The van der Waals surface area contributed by atoms with Crippen molar-refractivity contribution in [2.24, 2.45) is 0 Å². The highest BCUT2D eigenvalue weighted by atomic mass is 16.2. The summed E-state index contributed by atoms with van der Waals surface area (Å²) in [6, 6.07) is 17.8. The highest BCUT2D eigenvalue weighted by Crippen LogP contribution is 2.20. The van der Waals surface area contributed by atoms with E-state index in [9.17, 15) is 9.59 Å². The molecule has 28 heavy (non-hydrogen) atoms. The minimum atomic E-state index is -0.00646. The average Bonchev–Trinajstić information content (AvgIpc) is 3.46. The molecule has 1 N–H and O–H groups in total. The van der Waals surface area contributed by atoms with E-state index in [2.05, 4.69) is 5.32 Å². The van der Waals surface area contributed by atoms with Crippen LogP contribution in [0.4, 0.5) is 5.69 Å². The predicted molar refractivity (Wildman–Crippen MR) is 112 cm³/mol. The topological polar surface area (TPSA) is 52.7 Å². The molecule has 0 atom stereocenters. The molecule has 0 aliphatic heterocycles. The van der Waals surface area contributed by atoms with Gasteiger partial charge in [0.25, 0.3) is 5.91 Å². The molecule has 0 radical (unpaired) electrons. The Kier molecular flexibility index (Phi) is 6.47. The van der Waals surface area contributed by atoms with Gasteiger partial charge in [-0.25, -0.2) is 0 Å². The van der Waals surface area contributed by atoms with E-state index < -0.39 is 0 Å². The molecule has 1 saturated carbocycles. The second-order valence-corrected chi connectivity index (χ2v) is 7.81. The lowest BCUT2D eigenvalue weighted by Crippen LogP contribution is -2.42. The number of carbonyl (C=O) groups excluding carboxylic acids is 2. The van der Waals surface area contributed by atoms with Crippen molar-refractivity contribution in [2.45, 2.75) is 45.3 Å². The largest absolute Gasteiger partial charge is 0.349 e. The Balaban J connectivity index is 1.57. The number of amides is 2. The zero-order valence-corrected chi connectivity index (χ0v) is 16.9. The maximum Gasteiger partial charge on any atom is 0.251 e. The first-order chi connectivity index (χ1) is 13.4. The average molecular weight is 380 g/mol. The molecule has 3 rings (SSSR count). The fraction of sp³-hybridized carbons (Fsp3) is 0.391. The number of likely N-dealkylation sites (N-methyl/N-ethyl adjacent to an activating group) is 1. The van der Waals surface area contributed by atoms with Crippen LogP contribution < -0.4 is 10.2 Å². The molecular weight excluding hydrogens is 350 g/mol. The van der Waals surface area contributed by atoms with Crippen LogP contribution in [0, 0.1) is 0 Å². The van der Waals surface area contributed by atoms with Gasteiger partial charge in [0, 0.05) is 29.9 Å². The molecule has 0 aromatic heterocycles. The third-order valence-electron chi connectivity index (χ3n) is 4.81. The lowest BCUT2D eigenvalue weighted by atomic mass is 10.1. The molecule has 2 aromatic rings. The molecule has 0 unspecified atom stereocenters. The molecule has 148 valence electrons. The van der Waals surface area contributed by atoms with Crippen LogP contribution in [0.1, 0.15) is 42.6 Å². The van der Waals surface area contributed by atoms with E-state index in [1.165, 1.54) is 0 Å². The van der Waals surface area contributed by atoms with Gasteiger partial charge in [-0.1, -0.05) is 30.3 Å². The van der Waals surface area contributed by atoms with Crippen molar-refractivity contribution >= 4 is 17.5 Å². The zero-order chi connectivity index (χ0) is 20.1. The summed E-state index contributed by atoms with van der Waals surface area (Å²) in [5.41, 5.74) is 2.68. The SMILES string of the molecule is CC(C)N(C(=O)CN(C)Cc1ccc(C(=O)NC2CC2)cc1)c1ccccc1. The number of benzene rings is 2. The van der Waals surface area contributed by atoms with Crippen LogP contribution in [0.2, 0.25) is 0 Å². The van der Waals surface area contributed by atoms with E-state index in [0.717, 1.165) is 24.1 Å². The summed E-state index contributed by atoms with van der Waals surface area (Å²) in [6.45, 7) is 5.03. The van der Waals surface area contributed by atoms with E-state index in [1.54, 1.807) is 0 Å². The van der Waals surface area contributed by atoms with Gasteiger partial charge in [-0.2, -0.15) is 0 Å². The van der Waals surface area contributed by atoms with Crippen molar-refractivity contribution in [3.8, 4) is 0 Å². The van der Waals surface area contributed by atoms with Crippen LogP contribution in [0.15, 0.2) is 54.6 Å². The molecule has 0 heterocycles. The maximum absolute atomic E-state index is 12.9. The number of nitrogens with one attached hydrogen (secondary N) is 1. The first-order valence-corrected chi connectivity index (χ1v) is 9.89. The third-order valence-corrected chi connectivity index (χ3v) is 4.81. The maximum atomic E-state index is 12.9. The van der Waals surface area contributed by atoms with Gasteiger partial charge in [0.1, 0.15) is 0 Å². The Morgan fingerprint density at radius 2 is 1.68 bits per heavy atom. The summed E-state index contributed by atoms with van der Waals surface area (Å²) in [4.78, 5) is 28.8. The molecule has 0 spiro atoms. The fourth-order valence-corrected chi connectivity index (χ4v) is 3.25. The molecule has 5 heteroatoms. The molecule has 0 bridgehead atoms. The summed E-state index contributed by atoms with van der Waals surface area (Å²) >= 11 is 0. The molecule has 0 saturated heterocycles. The van der Waals surface area contributed by atoms with E-state index in [1.807, 2.05) is 85.3 Å². The number of hydrogen-bond acceptors (Lipinski definition) is 3. The van der Waals surface area contributed by atoms with Gasteiger partial charge >= 0.3 is 0 Å². The smallest absolute Gasteiger partial charge is 0.251 e. The van der Waals surface area contributed by atoms with Crippen molar-refractivity contribution in [1.29, 1.82) is 0 Å². The van der Waals surface area contributed by atoms with E-state index in [-0.39, 0.29) is 17.9 Å². The Morgan fingerprint density at radius 1 is 1.04 bits per heavy atom. The van der Waals surface area contributed by atoms with Crippen LogP contribution in [0.25, 0.3) is 0 Å². The summed E-state index contributed by atoms with van der Waals surface area (Å²) in [5.74, 6) is 0.0668. The number of anilines is 1. The van der Waals surface area contributed by atoms with Crippen LogP contribution in [-0.4, -0.2) is 42.4 Å². The van der Waals surface area contributed by atoms with Gasteiger partial charge in [0.15, 0.2) is 0 Å². The van der Waals surface area contributed by atoms with E-state index >= 15 is 0 Å². The highest BCUT2D eigenvalue weighted by molar-refractivity contribution is 5.95. The first-order valence-electron chi connectivity index (χ1n) is 9.89. The summed E-state index contributed by atoms with van der Waals surface area (Å²) < 4.78 is 0. The van der Waals surface area contributed by atoms with E-state index in [0.29, 0.717) is 24.7 Å². The molecular formula is C23H29N3O2. The summed E-state index contributed by atoms with van der Waals surface area (Å²) in [5, 5.41) is 3.00. The van der Waals surface area contributed by atoms with Gasteiger partial charge < -0.3 is 10.2 Å². The number of para-hydroxylation sites is 1. The third kappa shape index (κ3) is 5.42. The summed E-state index contributed by atoms with van der Waals surface area (Å²) in [7, 11) is 1.94. The normalized spacial score (nSPS) is 13.6. The van der Waals surface area contributed by atoms with Crippen molar-refractivity contribution in [1.82, 2.24) is 10.2 Å². The number of rotatable bonds is 8. The van der Waals surface area contributed by atoms with Crippen LogP contribution in [0.5, 0.6) is 0 Å².